The van der Waals surface area contributed by atoms with Gasteiger partial charge in [0, 0.05) is 6.54 Å². The second-order valence-corrected chi connectivity index (χ2v) is 10.8. The van der Waals surface area contributed by atoms with E-state index >= 15 is 0 Å². The van der Waals surface area contributed by atoms with Crippen molar-refractivity contribution >= 4 is 21.6 Å². The van der Waals surface area contributed by atoms with Gasteiger partial charge in [-0.05, 0) is 53.6 Å². The number of carbonyl (C=O) groups excluding carboxylic acids is 1. The number of nitrogens with zero attached hydrogens (tertiary/aromatic N) is 1. The largest absolute Gasteiger partial charge is 0.476 e. The summed E-state index contributed by atoms with van der Waals surface area (Å²) in [7, 11) is -3.59. The molecule has 0 radical (unpaired) electrons. The average Bonchev–Trinajstić information content (AvgIpc) is 2.69. The molecule has 8 heteroatoms. The molecule has 1 amide bonds. The second-order valence-electron chi connectivity index (χ2n) is 8.85. The maximum absolute atomic E-state index is 13.0. The Morgan fingerprint density at radius 1 is 1.19 bits per heavy atom. The zero-order valence-corrected chi connectivity index (χ0v) is 19.1. The van der Waals surface area contributed by atoms with Crippen LogP contribution in [0.15, 0.2) is 42.5 Å². The standard InChI is InChI=1S/C23H29FN2O4S/c1-23(2,3)17-9-12-20-19(14-17)26(31(4,28)29)15-21(30-20)22(27)25-13-5-6-16-7-10-18(24)11-8-16/h7-12,14,21H,5-6,13,15H2,1-4H3,(H,25,27)/t21-/m0/s1. The number of ether oxygens (including phenoxy) is 1. The van der Waals surface area contributed by atoms with Gasteiger partial charge in [-0.1, -0.05) is 39.0 Å². The van der Waals surface area contributed by atoms with Crippen LogP contribution in [0.25, 0.3) is 0 Å². The zero-order chi connectivity index (χ0) is 22.8. The lowest BCUT2D eigenvalue weighted by molar-refractivity contribution is -0.127. The molecule has 1 N–H and O–H groups in total. The molecule has 31 heavy (non-hydrogen) atoms. The number of sulfonamides is 1. The maximum Gasteiger partial charge on any atom is 0.263 e. The van der Waals surface area contributed by atoms with Crippen LogP contribution in [-0.4, -0.2) is 39.8 Å². The SMILES string of the molecule is CC(C)(C)c1ccc2c(c1)N(S(C)(=O)=O)C[C@@H](C(=O)NCCCc1ccc(F)cc1)O2. The molecule has 2 aromatic rings. The summed E-state index contributed by atoms with van der Waals surface area (Å²) >= 11 is 0. The first-order valence-electron chi connectivity index (χ1n) is 10.3. The fraction of sp³-hybridized carbons (Fsp3) is 0.435. The lowest BCUT2D eigenvalue weighted by Gasteiger charge is -2.35. The van der Waals surface area contributed by atoms with Crippen LogP contribution in [0.4, 0.5) is 10.1 Å². The van der Waals surface area contributed by atoms with Gasteiger partial charge in [-0.3, -0.25) is 9.10 Å². The molecular weight excluding hydrogens is 419 g/mol. The molecule has 2 aromatic carbocycles. The first kappa shape index (κ1) is 23.1. The molecule has 1 atom stereocenters. The topological polar surface area (TPSA) is 75.7 Å². The fourth-order valence-corrected chi connectivity index (χ4v) is 4.34. The molecule has 0 spiro atoms. The van der Waals surface area contributed by atoms with Gasteiger partial charge in [0.25, 0.3) is 5.91 Å². The van der Waals surface area contributed by atoms with Gasteiger partial charge in [-0.15, -0.1) is 0 Å². The number of nitrogens with one attached hydrogen (secondary N) is 1. The number of amides is 1. The van der Waals surface area contributed by atoms with Gasteiger partial charge >= 0.3 is 0 Å². The summed E-state index contributed by atoms with van der Waals surface area (Å²) in [5.74, 6) is -0.272. The fourth-order valence-electron chi connectivity index (χ4n) is 3.44. The zero-order valence-electron chi connectivity index (χ0n) is 18.3. The van der Waals surface area contributed by atoms with Crippen molar-refractivity contribution < 1.29 is 22.3 Å². The Balaban J connectivity index is 1.67. The lowest BCUT2D eigenvalue weighted by atomic mass is 9.86. The lowest BCUT2D eigenvalue weighted by Crippen LogP contribution is -2.50. The van der Waals surface area contributed by atoms with E-state index in [0.29, 0.717) is 30.8 Å². The van der Waals surface area contributed by atoms with Crippen LogP contribution < -0.4 is 14.4 Å². The van der Waals surface area contributed by atoms with Crippen molar-refractivity contribution in [2.75, 3.05) is 23.7 Å². The number of aryl methyl sites for hydroxylation is 1. The molecule has 6 nitrogen and oxygen atoms in total. The van der Waals surface area contributed by atoms with Crippen molar-refractivity contribution in [2.45, 2.75) is 45.1 Å². The molecule has 0 bridgehead atoms. The minimum atomic E-state index is -3.59. The highest BCUT2D eigenvalue weighted by atomic mass is 32.2. The number of fused-ring (bicyclic) bond motifs is 1. The van der Waals surface area contributed by atoms with Crippen LogP contribution >= 0.6 is 0 Å². The number of halogens is 1. The Morgan fingerprint density at radius 3 is 2.48 bits per heavy atom. The average molecular weight is 449 g/mol. The predicted molar refractivity (Wildman–Crippen MR) is 119 cm³/mol. The van der Waals surface area contributed by atoms with Crippen LogP contribution in [-0.2, 0) is 26.7 Å². The molecule has 3 rings (SSSR count). The number of hydrogen-bond donors (Lipinski definition) is 1. The number of rotatable bonds is 6. The summed E-state index contributed by atoms with van der Waals surface area (Å²) in [4.78, 5) is 12.7. The van der Waals surface area contributed by atoms with Crippen molar-refractivity contribution in [3.05, 3.63) is 59.4 Å². The summed E-state index contributed by atoms with van der Waals surface area (Å²) in [6.45, 7) is 6.47. The molecule has 1 aliphatic rings. The highest BCUT2D eigenvalue weighted by molar-refractivity contribution is 7.92. The third-order valence-electron chi connectivity index (χ3n) is 5.24. The van der Waals surface area contributed by atoms with E-state index in [0.717, 1.165) is 17.4 Å². The van der Waals surface area contributed by atoms with Gasteiger partial charge in [-0.25, -0.2) is 12.8 Å². The molecule has 0 unspecified atom stereocenters. The first-order valence-corrected chi connectivity index (χ1v) is 12.1. The Morgan fingerprint density at radius 2 is 1.87 bits per heavy atom. The van der Waals surface area contributed by atoms with Crippen molar-refractivity contribution in [1.29, 1.82) is 0 Å². The molecule has 0 saturated carbocycles. The molecular formula is C23H29FN2O4S. The highest BCUT2D eigenvalue weighted by Gasteiger charge is 2.35. The van der Waals surface area contributed by atoms with Crippen LogP contribution in [0.2, 0.25) is 0 Å². The molecule has 0 saturated heterocycles. The van der Waals surface area contributed by atoms with E-state index in [9.17, 15) is 17.6 Å². The van der Waals surface area contributed by atoms with E-state index in [2.05, 4.69) is 5.32 Å². The number of benzene rings is 2. The van der Waals surface area contributed by atoms with E-state index in [1.54, 1.807) is 18.2 Å². The van der Waals surface area contributed by atoms with E-state index in [4.69, 9.17) is 4.74 Å². The van der Waals surface area contributed by atoms with Gasteiger partial charge < -0.3 is 10.1 Å². The van der Waals surface area contributed by atoms with Crippen LogP contribution in [0.5, 0.6) is 5.75 Å². The summed E-state index contributed by atoms with van der Waals surface area (Å²) in [5.41, 5.74) is 2.26. The van der Waals surface area contributed by atoms with Gasteiger partial charge in [0.05, 0.1) is 18.5 Å². The third kappa shape index (κ3) is 5.76. The molecule has 0 fully saturated rings. The van der Waals surface area contributed by atoms with Gasteiger partial charge in [0.15, 0.2) is 6.10 Å². The Kier molecular flexibility index (Phi) is 6.59. The third-order valence-corrected chi connectivity index (χ3v) is 6.39. The van der Waals surface area contributed by atoms with Crippen molar-refractivity contribution in [1.82, 2.24) is 5.32 Å². The summed E-state index contributed by atoms with van der Waals surface area (Å²) in [6, 6.07) is 11.7. The minimum absolute atomic E-state index is 0.0801. The number of anilines is 1. The van der Waals surface area contributed by atoms with E-state index in [1.165, 1.54) is 16.4 Å². The predicted octanol–water partition coefficient (Wildman–Crippen LogP) is 3.40. The van der Waals surface area contributed by atoms with E-state index in [1.807, 2.05) is 32.9 Å². The number of hydrogen-bond acceptors (Lipinski definition) is 4. The monoisotopic (exact) mass is 448 g/mol. The Labute approximate surface area is 183 Å². The molecule has 0 aliphatic carbocycles. The normalized spacial score (nSPS) is 16.4. The minimum Gasteiger partial charge on any atom is -0.476 e. The smallest absolute Gasteiger partial charge is 0.263 e. The van der Waals surface area contributed by atoms with Crippen LogP contribution in [0.3, 0.4) is 0 Å². The van der Waals surface area contributed by atoms with E-state index in [-0.39, 0.29) is 23.7 Å². The molecule has 168 valence electrons. The van der Waals surface area contributed by atoms with Gasteiger partial charge in [-0.2, -0.15) is 0 Å². The van der Waals surface area contributed by atoms with Gasteiger partial charge in [0.2, 0.25) is 10.0 Å². The highest BCUT2D eigenvalue weighted by Crippen LogP contribution is 2.38. The van der Waals surface area contributed by atoms with Crippen LogP contribution in [0, 0.1) is 5.82 Å². The quantitative estimate of drug-likeness (QED) is 0.688. The van der Waals surface area contributed by atoms with Crippen LogP contribution in [0.1, 0.15) is 38.3 Å². The Bertz CT molecular complexity index is 1050. The van der Waals surface area contributed by atoms with Crippen molar-refractivity contribution in [3.63, 3.8) is 0 Å². The molecule has 0 aromatic heterocycles. The van der Waals surface area contributed by atoms with Crippen molar-refractivity contribution in [3.8, 4) is 5.75 Å². The van der Waals surface area contributed by atoms with Crippen molar-refractivity contribution in [2.24, 2.45) is 0 Å². The second kappa shape index (κ2) is 8.86. The van der Waals surface area contributed by atoms with Gasteiger partial charge in [0.1, 0.15) is 11.6 Å². The summed E-state index contributed by atoms with van der Waals surface area (Å²) in [5, 5.41) is 2.81. The number of carbonyl (C=O) groups is 1. The first-order chi connectivity index (χ1) is 14.4. The molecule has 1 heterocycles. The molecule has 1 aliphatic heterocycles. The summed E-state index contributed by atoms with van der Waals surface area (Å²) < 4.78 is 44.9. The van der Waals surface area contributed by atoms with E-state index < -0.39 is 16.1 Å². The maximum atomic E-state index is 13.0. The summed E-state index contributed by atoms with van der Waals surface area (Å²) in [6.07, 6.45) is 1.56. The Hall–Kier alpha value is -2.61.